The summed E-state index contributed by atoms with van der Waals surface area (Å²) in [5.41, 5.74) is 0. The second-order valence-electron chi connectivity index (χ2n) is 3.14. The maximum absolute atomic E-state index is 11.3. The Kier molecular flexibility index (Phi) is 6.00. The maximum Gasteiger partial charge on any atom is 0.303 e. The number of rotatable bonds is 7. The quantitative estimate of drug-likeness (QED) is 0.495. The van der Waals surface area contributed by atoms with Gasteiger partial charge < -0.3 is 10.00 Å². The number of carboxylic acids is 1. The third-order valence-electron chi connectivity index (χ3n) is 1.72. The Balaban J connectivity index is 3.52. The van der Waals surface area contributed by atoms with Gasteiger partial charge in [0.2, 0.25) is 7.37 Å². The van der Waals surface area contributed by atoms with Crippen LogP contribution in [-0.2, 0) is 9.36 Å². The van der Waals surface area contributed by atoms with E-state index < -0.39 is 13.3 Å². The number of hydrogen-bond acceptors (Lipinski definition) is 2. The molecule has 0 radical (unpaired) electrons. The third kappa shape index (κ3) is 8.00. The number of aliphatic carboxylic acids is 1. The molecule has 0 aromatic carbocycles. The van der Waals surface area contributed by atoms with Gasteiger partial charge in [-0.1, -0.05) is 6.92 Å². The van der Waals surface area contributed by atoms with Crippen LogP contribution in [-0.4, -0.2) is 28.3 Å². The average Bonchev–Trinajstić information content (AvgIpc) is 1.98. The number of unbranched alkanes of at least 4 members (excludes halogenated alkanes) is 1. The van der Waals surface area contributed by atoms with Crippen LogP contribution in [0.15, 0.2) is 0 Å². The van der Waals surface area contributed by atoms with Gasteiger partial charge in [0.05, 0.1) is 0 Å². The van der Waals surface area contributed by atoms with E-state index in [0.717, 1.165) is 0 Å². The van der Waals surface area contributed by atoms with Crippen molar-refractivity contribution in [3.8, 4) is 0 Å². The summed E-state index contributed by atoms with van der Waals surface area (Å²) in [7, 11) is -2.95. The Morgan fingerprint density at radius 3 is 2.38 bits per heavy atom. The van der Waals surface area contributed by atoms with Crippen molar-refractivity contribution < 1.29 is 19.4 Å². The summed E-state index contributed by atoms with van der Waals surface area (Å²) in [4.78, 5) is 19.4. The summed E-state index contributed by atoms with van der Waals surface area (Å²) < 4.78 is 11.3. The van der Waals surface area contributed by atoms with Gasteiger partial charge in [0.15, 0.2) is 0 Å². The molecule has 0 bridgehead atoms. The number of carbonyl (C=O) groups is 1. The largest absolute Gasteiger partial charge is 0.481 e. The Labute approximate surface area is 78.4 Å². The lowest BCUT2D eigenvalue weighted by molar-refractivity contribution is -0.137. The van der Waals surface area contributed by atoms with Gasteiger partial charge in [0.25, 0.3) is 0 Å². The van der Waals surface area contributed by atoms with Crippen molar-refractivity contribution >= 4 is 13.3 Å². The first-order chi connectivity index (χ1) is 5.98. The van der Waals surface area contributed by atoms with E-state index in [1.165, 1.54) is 0 Å². The van der Waals surface area contributed by atoms with Gasteiger partial charge in [-0.15, -0.1) is 0 Å². The lowest BCUT2D eigenvalue weighted by Crippen LogP contribution is -1.97. The third-order valence-corrected chi connectivity index (χ3v) is 3.88. The summed E-state index contributed by atoms with van der Waals surface area (Å²) in [6, 6.07) is 0. The summed E-state index contributed by atoms with van der Waals surface area (Å²) >= 11 is 0. The van der Waals surface area contributed by atoms with Crippen molar-refractivity contribution in [1.82, 2.24) is 0 Å². The van der Waals surface area contributed by atoms with Gasteiger partial charge in [-0.2, -0.15) is 0 Å². The molecule has 13 heavy (non-hydrogen) atoms. The highest BCUT2D eigenvalue weighted by Crippen LogP contribution is 2.41. The fourth-order valence-electron chi connectivity index (χ4n) is 1.10. The van der Waals surface area contributed by atoms with Crippen LogP contribution in [0.1, 0.15) is 32.6 Å². The minimum Gasteiger partial charge on any atom is -0.481 e. The second kappa shape index (κ2) is 6.17. The monoisotopic (exact) mass is 208 g/mol. The SMILES string of the molecule is CCCP(=O)(O)CCCCC(=O)O. The van der Waals surface area contributed by atoms with Gasteiger partial charge in [-0.25, -0.2) is 0 Å². The van der Waals surface area contributed by atoms with Crippen LogP contribution in [0, 0.1) is 0 Å². The van der Waals surface area contributed by atoms with Gasteiger partial charge in [0.1, 0.15) is 0 Å². The van der Waals surface area contributed by atoms with E-state index in [9.17, 15) is 14.3 Å². The highest BCUT2D eigenvalue weighted by molar-refractivity contribution is 7.57. The molecule has 0 amide bonds. The molecule has 0 aliphatic carbocycles. The molecule has 0 rings (SSSR count). The zero-order valence-electron chi connectivity index (χ0n) is 7.90. The summed E-state index contributed by atoms with van der Waals surface area (Å²) in [6.45, 7) is 1.86. The Morgan fingerprint density at radius 2 is 1.92 bits per heavy atom. The molecule has 0 aliphatic rings. The molecule has 78 valence electrons. The van der Waals surface area contributed by atoms with Crippen LogP contribution >= 0.6 is 7.37 Å². The van der Waals surface area contributed by atoms with Crippen LogP contribution in [0.2, 0.25) is 0 Å². The summed E-state index contributed by atoms with van der Waals surface area (Å²) in [5, 5.41) is 8.31. The maximum atomic E-state index is 11.3. The summed E-state index contributed by atoms with van der Waals surface area (Å²) in [6.07, 6.45) is 2.41. The van der Waals surface area contributed by atoms with Gasteiger partial charge >= 0.3 is 5.97 Å². The fraction of sp³-hybridized carbons (Fsp3) is 0.875. The van der Waals surface area contributed by atoms with Crippen LogP contribution in [0.5, 0.6) is 0 Å². The van der Waals surface area contributed by atoms with E-state index in [2.05, 4.69) is 0 Å². The standard InChI is InChI=1S/C8H17O4P/c1-2-6-13(11,12)7-4-3-5-8(9)10/h2-7H2,1H3,(H,9,10)(H,11,12). The predicted molar refractivity (Wildman–Crippen MR) is 51.3 cm³/mol. The topological polar surface area (TPSA) is 74.6 Å². The number of carboxylic acid groups (broad SMARTS) is 1. The minimum absolute atomic E-state index is 0.0894. The lowest BCUT2D eigenvalue weighted by Gasteiger charge is -2.08. The molecule has 2 N–H and O–H groups in total. The molecule has 0 aromatic rings. The minimum atomic E-state index is -2.95. The normalized spacial score (nSPS) is 15.2. The molecule has 0 heterocycles. The second-order valence-corrected chi connectivity index (χ2v) is 5.73. The molecule has 0 spiro atoms. The van der Waals surface area contributed by atoms with Crippen molar-refractivity contribution in [2.45, 2.75) is 32.6 Å². The smallest absolute Gasteiger partial charge is 0.303 e. The molecular weight excluding hydrogens is 191 g/mol. The van der Waals surface area contributed by atoms with Crippen LogP contribution < -0.4 is 0 Å². The molecule has 1 unspecified atom stereocenters. The van der Waals surface area contributed by atoms with Gasteiger partial charge in [-0.3, -0.25) is 9.36 Å². The van der Waals surface area contributed by atoms with Crippen LogP contribution in [0.4, 0.5) is 0 Å². The molecule has 0 saturated heterocycles. The first-order valence-electron chi connectivity index (χ1n) is 4.50. The van der Waals surface area contributed by atoms with E-state index >= 15 is 0 Å². The predicted octanol–water partition coefficient (Wildman–Crippen LogP) is 1.92. The average molecular weight is 208 g/mol. The fourth-order valence-corrected chi connectivity index (χ4v) is 2.74. The molecular formula is C8H17O4P. The Hall–Kier alpha value is -0.340. The zero-order chi connectivity index (χ0) is 10.3. The van der Waals surface area contributed by atoms with E-state index in [1.807, 2.05) is 6.92 Å². The molecule has 0 aliphatic heterocycles. The molecule has 4 nitrogen and oxygen atoms in total. The molecule has 0 saturated carbocycles. The highest BCUT2D eigenvalue weighted by atomic mass is 31.2. The molecule has 0 fully saturated rings. The highest BCUT2D eigenvalue weighted by Gasteiger charge is 2.15. The van der Waals surface area contributed by atoms with Crippen LogP contribution in [0.3, 0.4) is 0 Å². The zero-order valence-corrected chi connectivity index (χ0v) is 8.80. The van der Waals surface area contributed by atoms with E-state index in [0.29, 0.717) is 25.4 Å². The molecule has 0 aromatic heterocycles. The van der Waals surface area contributed by atoms with E-state index in [-0.39, 0.29) is 12.6 Å². The van der Waals surface area contributed by atoms with Crippen LogP contribution in [0.25, 0.3) is 0 Å². The van der Waals surface area contributed by atoms with E-state index in [4.69, 9.17) is 5.11 Å². The lowest BCUT2D eigenvalue weighted by atomic mass is 10.2. The van der Waals surface area contributed by atoms with Crippen molar-refractivity contribution in [1.29, 1.82) is 0 Å². The van der Waals surface area contributed by atoms with Gasteiger partial charge in [0, 0.05) is 18.7 Å². The first kappa shape index (κ1) is 12.7. The molecule has 1 atom stereocenters. The first-order valence-corrected chi connectivity index (χ1v) is 6.53. The summed E-state index contributed by atoms with van der Waals surface area (Å²) in [5.74, 6) is -0.844. The van der Waals surface area contributed by atoms with Crippen molar-refractivity contribution in [2.75, 3.05) is 12.3 Å². The Bertz CT molecular complexity index is 202. The van der Waals surface area contributed by atoms with Gasteiger partial charge in [-0.05, 0) is 19.3 Å². The van der Waals surface area contributed by atoms with Crippen molar-refractivity contribution in [2.24, 2.45) is 0 Å². The Morgan fingerprint density at radius 1 is 1.31 bits per heavy atom. The number of hydrogen-bond donors (Lipinski definition) is 2. The van der Waals surface area contributed by atoms with E-state index in [1.54, 1.807) is 0 Å². The molecule has 5 heteroatoms. The van der Waals surface area contributed by atoms with Crippen molar-refractivity contribution in [3.05, 3.63) is 0 Å². The van der Waals surface area contributed by atoms with Crippen molar-refractivity contribution in [3.63, 3.8) is 0 Å².